The highest BCUT2D eigenvalue weighted by atomic mass is 32.2. The normalized spacial score (nSPS) is 17.8. The average molecular weight is 249 g/mol. The minimum Gasteiger partial charge on any atom is -0.312 e. The Morgan fingerprint density at radius 1 is 1.24 bits per heavy atom. The summed E-state index contributed by atoms with van der Waals surface area (Å²) in [4.78, 5) is 1.35. The molecule has 0 bridgehead atoms. The van der Waals surface area contributed by atoms with Crippen LogP contribution in [0.5, 0.6) is 0 Å². The van der Waals surface area contributed by atoms with E-state index in [2.05, 4.69) is 42.8 Å². The fraction of sp³-hybridized carbons (Fsp3) is 0.600. The number of benzene rings is 1. The first-order chi connectivity index (χ1) is 8.28. The van der Waals surface area contributed by atoms with Gasteiger partial charge in [-0.3, -0.25) is 0 Å². The molecule has 17 heavy (non-hydrogen) atoms. The summed E-state index contributed by atoms with van der Waals surface area (Å²) in [6, 6.07) is 8.89. The number of hydrogen-bond donors (Lipinski definition) is 1. The third-order valence-electron chi connectivity index (χ3n) is 4.15. The highest BCUT2D eigenvalue weighted by molar-refractivity contribution is 7.98. The molecule has 0 spiro atoms. The highest BCUT2D eigenvalue weighted by Gasteiger charge is 2.34. The van der Waals surface area contributed by atoms with E-state index >= 15 is 0 Å². The summed E-state index contributed by atoms with van der Waals surface area (Å²) in [5, 5.41) is 3.63. The van der Waals surface area contributed by atoms with Crippen LogP contribution in [-0.2, 0) is 6.54 Å². The molecule has 1 aromatic carbocycles. The predicted octanol–water partition coefficient (Wildman–Crippen LogP) is 4.08. The van der Waals surface area contributed by atoms with Crippen molar-refractivity contribution < 1.29 is 0 Å². The molecule has 1 aliphatic carbocycles. The second-order valence-corrected chi connectivity index (χ2v) is 6.04. The maximum Gasteiger partial charge on any atom is 0.0205 e. The molecular weight excluding hydrogens is 226 g/mol. The largest absolute Gasteiger partial charge is 0.312 e. The van der Waals surface area contributed by atoms with E-state index < -0.39 is 0 Å². The second kappa shape index (κ2) is 5.92. The average Bonchev–Trinajstić information content (AvgIpc) is 2.33. The Morgan fingerprint density at radius 3 is 2.41 bits per heavy atom. The van der Waals surface area contributed by atoms with E-state index in [-0.39, 0.29) is 0 Å². The molecule has 1 aromatic rings. The third kappa shape index (κ3) is 3.26. The zero-order chi connectivity index (χ0) is 12.1. The van der Waals surface area contributed by atoms with Crippen LogP contribution in [0, 0.1) is 5.41 Å². The predicted molar refractivity (Wildman–Crippen MR) is 76.5 cm³/mol. The first-order valence-corrected chi connectivity index (χ1v) is 7.84. The van der Waals surface area contributed by atoms with Crippen LogP contribution in [0.4, 0.5) is 0 Å². The van der Waals surface area contributed by atoms with Gasteiger partial charge in [-0.15, -0.1) is 11.8 Å². The van der Waals surface area contributed by atoms with Gasteiger partial charge in [0.2, 0.25) is 0 Å². The Balaban J connectivity index is 1.77. The van der Waals surface area contributed by atoms with E-state index in [4.69, 9.17) is 0 Å². The lowest BCUT2D eigenvalue weighted by molar-refractivity contribution is 0.124. The Labute approximate surface area is 109 Å². The quantitative estimate of drug-likeness (QED) is 0.762. The van der Waals surface area contributed by atoms with Gasteiger partial charge in [0.05, 0.1) is 0 Å². The lowest BCUT2D eigenvalue weighted by atomic mass is 9.67. The minimum absolute atomic E-state index is 0.624. The molecule has 0 heterocycles. The molecule has 0 radical (unpaired) electrons. The van der Waals surface area contributed by atoms with Crippen molar-refractivity contribution in [1.82, 2.24) is 5.32 Å². The van der Waals surface area contributed by atoms with Gasteiger partial charge in [0.15, 0.2) is 0 Å². The van der Waals surface area contributed by atoms with Crippen molar-refractivity contribution in [2.24, 2.45) is 5.41 Å². The van der Waals surface area contributed by atoms with Gasteiger partial charge in [-0.25, -0.2) is 0 Å². The summed E-state index contributed by atoms with van der Waals surface area (Å²) in [6.45, 7) is 4.53. The van der Waals surface area contributed by atoms with Crippen LogP contribution in [0.25, 0.3) is 0 Å². The smallest absolute Gasteiger partial charge is 0.0205 e. The summed E-state index contributed by atoms with van der Waals surface area (Å²) >= 11 is 1.80. The summed E-state index contributed by atoms with van der Waals surface area (Å²) in [7, 11) is 0. The minimum atomic E-state index is 0.624. The Hall–Kier alpha value is -0.470. The maximum atomic E-state index is 3.63. The van der Waals surface area contributed by atoms with Crippen LogP contribution in [0.1, 0.15) is 38.2 Å². The molecule has 0 amide bonds. The zero-order valence-corrected chi connectivity index (χ0v) is 11.8. The van der Waals surface area contributed by atoms with Gasteiger partial charge in [-0.2, -0.15) is 0 Å². The van der Waals surface area contributed by atoms with Crippen molar-refractivity contribution in [3.8, 4) is 0 Å². The van der Waals surface area contributed by atoms with Crippen LogP contribution < -0.4 is 5.32 Å². The highest BCUT2D eigenvalue weighted by Crippen LogP contribution is 2.43. The molecule has 2 rings (SSSR count). The van der Waals surface area contributed by atoms with E-state index in [1.54, 1.807) is 11.8 Å². The summed E-state index contributed by atoms with van der Waals surface area (Å²) in [6.07, 6.45) is 7.71. The molecule has 0 aliphatic heterocycles. The van der Waals surface area contributed by atoms with Crippen LogP contribution in [-0.4, -0.2) is 12.8 Å². The van der Waals surface area contributed by atoms with Gasteiger partial charge in [0.25, 0.3) is 0 Å². The Kier molecular flexibility index (Phi) is 4.52. The number of rotatable bonds is 6. The van der Waals surface area contributed by atoms with E-state index in [0.717, 1.165) is 6.54 Å². The van der Waals surface area contributed by atoms with Crippen LogP contribution in [0.2, 0.25) is 0 Å². The monoisotopic (exact) mass is 249 g/mol. The SMILES string of the molecule is CCC1(CNCc2ccc(SC)cc2)CCC1. The van der Waals surface area contributed by atoms with E-state index in [9.17, 15) is 0 Å². The van der Waals surface area contributed by atoms with Crippen molar-refractivity contribution >= 4 is 11.8 Å². The lowest BCUT2D eigenvalue weighted by Gasteiger charge is -2.41. The lowest BCUT2D eigenvalue weighted by Crippen LogP contribution is -2.39. The molecule has 0 atom stereocenters. The molecule has 94 valence electrons. The fourth-order valence-corrected chi connectivity index (χ4v) is 2.96. The maximum absolute atomic E-state index is 3.63. The number of hydrogen-bond acceptors (Lipinski definition) is 2. The zero-order valence-electron chi connectivity index (χ0n) is 11.0. The van der Waals surface area contributed by atoms with Crippen LogP contribution in [0.15, 0.2) is 29.2 Å². The number of nitrogens with one attached hydrogen (secondary N) is 1. The van der Waals surface area contributed by atoms with Crippen LogP contribution >= 0.6 is 11.8 Å². The van der Waals surface area contributed by atoms with E-state index in [0.29, 0.717) is 5.41 Å². The molecule has 2 heteroatoms. The van der Waals surface area contributed by atoms with E-state index in [1.165, 1.54) is 42.7 Å². The topological polar surface area (TPSA) is 12.0 Å². The molecule has 1 aliphatic rings. The van der Waals surface area contributed by atoms with Gasteiger partial charge < -0.3 is 5.32 Å². The summed E-state index contributed by atoms with van der Waals surface area (Å²) in [5.74, 6) is 0. The van der Waals surface area contributed by atoms with Gasteiger partial charge in [-0.1, -0.05) is 25.5 Å². The molecule has 1 nitrogen and oxygen atoms in total. The molecule has 0 unspecified atom stereocenters. The molecule has 1 saturated carbocycles. The van der Waals surface area contributed by atoms with Gasteiger partial charge in [-0.05, 0) is 48.6 Å². The van der Waals surface area contributed by atoms with Crippen molar-refractivity contribution in [3.63, 3.8) is 0 Å². The van der Waals surface area contributed by atoms with Crippen molar-refractivity contribution in [3.05, 3.63) is 29.8 Å². The molecule has 1 N–H and O–H groups in total. The van der Waals surface area contributed by atoms with E-state index in [1.807, 2.05) is 0 Å². The first kappa shape index (κ1) is 13.0. The molecule has 1 fully saturated rings. The second-order valence-electron chi connectivity index (χ2n) is 5.16. The van der Waals surface area contributed by atoms with Crippen LogP contribution in [0.3, 0.4) is 0 Å². The molecular formula is C15H23NS. The number of thioether (sulfide) groups is 1. The van der Waals surface area contributed by atoms with Crippen molar-refractivity contribution in [2.75, 3.05) is 12.8 Å². The summed E-state index contributed by atoms with van der Waals surface area (Å²) in [5.41, 5.74) is 2.02. The van der Waals surface area contributed by atoms with Gasteiger partial charge >= 0.3 is 0 Å². The standard InChI is InChI=1S/C15H23NS/c1-3-15(9-4-10-15)12-16-11-13-5-7-14(17-2)8-6-13/h5-8,16H,3-4,9-12H2,1-2H3. The fourth-order valence-electron chi connectivity index (χ4n) is 2.55. The molecule has 0 saturated heterocycles. The Bertz CT molecular complexity index is 335. The van der Waals surface area contributed by atoms with Gasteiger partial charge in [0.1, 0.15) is 0 Å². The first-order valence-electron chi connectivity index (χ1n) is 6.62. The van der Waals surface area contributed by atoms with Crippen molar-refractivity contribution in [1.29, 1.82) is 0 Å². The summed E-state index contributed by atoms with van der Waals surface area (Å²) < 4.78 is 0. The molecule has 0 aromatic heterocycles. The Morgan fingerprint density at radius 2 is 1.94 bits per heavy atom. The van der Waals surface area contributed by atoms with Crippen molar-refractivity contribution in [2.45, 2.75) is 44.0 Å². The third-order valence-corrected chi connectivity index (χ3v) is 4.90. The van der Waals surface area contributed by atoms with Gasteiger partial charge in [0, 0.05) is 18.0 Å².